The molecule has 0 aromatic carbocycles. The van der Waals surface area contributed by atoms with Crippen LogP contribution in [0.1, 0.15) is 43.3 Å². The van der Waals surface area contributed by atoms with Gasteiger partial charge < -0.3 is 5.11 Å². The third-order valence-electron chi connectivity index (χ3n) is 4.97. The Labute approximate surface area is 173 Å². The van der Waals surface area contributed by atoms with Crippen LogP contribution in [0.15, 0.2) is 12.3 Å². The number of carboxylic acid groups (broad SMARTS) is 1. The van der Waals surface area contributed by atoms with E-state index < -0.39 is 12.1 Å². The zero-order valence-electron chi connectivity index (χ0n) is 17.6. The van der Waals surface area contributed by atoms with E-state index in [4.69, 9.17) is 9.90 Å². The van der Waals surface area contributed by atoms with Crippen molar-refractivity contribution in [3.05, 3.63) is 29.3 Å². The number of carboxylic acids is 1. The normalized spacial score (nSPS) is 15.7. The molecular weight excluding hydrogens is 401 g/mol. The van der Waals surface area contributed by atoms with E-state index in [0.717, 1.165) is 56.3 Å². The highest BCUT2D eigenvalue weighted by atomic mass is 19.4. The molecule has 1 aliphatic rings. The van der Waals surface area contributed by atoms with Gasteiger partial charge in [-0.1, -0.05) is 18.6 Å². The molecule has 1 saturated heterocycles. The Hall–Kier alpha value is -2.43. The van der Waals surface area contributed by atoms with Crippen LogP contribution in [0.25, 0.3) is 0 Å². The zero-order valence-corrected chi connectivity index (χ0v) is 17.6. The summed E-state index contributed by atoms with van der Waals surface area (Å²) in [4.78, 5) is 11.4. The standard InChI is InChI=1S/C17H28N6.C2HF3O2/c1-4-5-16-12-23(20-18-16)11-15-6-8-22(9-7-15)13-17-10-14(2)19-21(17)3;3-2(4,5)1(6)7/h10,12,15H,4-9,11,13H2,1-3H3;(H,6,7). The van der Waals surface area contributed by atoms with Gasteiger partial charge in [-0.05, 0) is 51.3 Å². The number of aromatic nitrogens is 5. The number of rotatable bonds is 6. The highest BCUT2D eigenvalue weighted by molar-refractivity contribution is 5.73. The highest BCUT2D eigenvalue weighted by Crippen LogP contribution is 2.20. The lowest BCUT2D eigenvalue weighted by atomic mass is 9.97. The van der Waals surface area contributed by atoms with Crippen molar-refractivity contribution in [1.29, 1.82) is 0 Å². The third-order valence-corrected chi connectivity index (χ3v) is 4.97. The minimum Gasteiger partial charge on any atom is -0.475 e. The van der Waals surface area contributed by atoms with Crippen LogP contribution in [0.4, 0.5) is 13.2 Å². The lowest BCUT2D eigenvalue weighted by molar-refractivity contribution is -0.192. The molecule has 1 N–H and O–H groups in total. The van der Waals surface area contributed by atoms with Crippen molar-refractivity contribution in [3.63, 3.8) is 0 Å². The van der Waals surface area contributed by atoms with Gasteiger partial charge in [0.2, 0.25) is 0 Å². The summed E-state index contributed by atoms with van der Waals surface area (Å²) >= 11 is 0. The molecule has 11 heteroatoms. The fraction of sp³-hybridized carbons (Fsp3) is 0.684. The van der Waals surface area contributed by atoms with Gasteiger partial charge in [0.15, 0.2) is 0 Å². The molecule has 0 unspecified atom stereocenters. The highest BCUT2D eigenvalue weighted by Gasteiger charge is 2.38. The van der Waals surface area contributed by atoms with Crippen LogP contribution >= 0.6 is 0 Å². The predicted octanol–water partition coefficient (Wildman–Crippen LogP) is 2.82. The fourth-order valence-corrected chi connectivity index (χ4v) is 3.43. The zero-order chi connectivity index (χ0) is 22.3. The first kappa shape index (κ1) is 23.8. The Balaban J connectivity index is 0.000000396. The minimum atomic E-state index is -5.08. The number of piperidine rings is 1. The Morgan fingerprint density at radius 2 is 1.93 bits per heavy atom. The fourth-order valence-electron chi connectivity index (χ4n) is 3.43. The first-order valence-corrected chi connectivity index (χ1v) is 9.99. The average Bonchev–Trinajstić information content (AvgIpc) is 3.22. The number of carbonyl (C=O) groups is 1. The maximum atomic E-state index is 10.6. The molecule has 0 amide bonds. The summed E-state index contributed by atoms with van der Waals surface area (Å²) in [5.41, 5.74) is 3.53. The SMILES string of the molecule is CCCc1cn(CC2CCN(Cc3cc(C)nn3C)CC2)nn1.O=C(O)C(F)(F)F. The Bertz CT molecular complexity index is 810. The van der Waals surface area contributed by atoms with Gasteiger partial charge in [-0.15, -0.1) is 5.10 Å². The topological polar surface area (TPSA) is 89.1 Å². The van der Waals surface area contributed by atoms with E-state index in [2.05, 4.69) is 46.4 Å². The van der Waals surface area contributed by atoms with Crippen LogP contribution in [0.2, 0.25) is 0 Å². The van der Waals surface area contributed by atoms with Crippen LogP contribution in [-0.4, -0.2) is 60.0 Å². The molecule has 2 aromatic heterocycles. The van der Waals surface area contributed by atoms with E-state index >= 15 is 0 Å². The molecule has 3 heterocycles. The number of aliphatic carboxylic acids is 1. The van der Waals surface area contributed by atoms with E-state index in [1.807, 2.05) is 16.4 Å². The second kappa shape index (κ2) is 10.6. The van der Waals surface area contributed by atoms with Gasteiger partial charge >= 0.3 is 12.1 Å². The molecule has 0 atom stereocenters. The van der Waals surface area contributed by atoms with E-state index in [1.54, 1.807) is 0 Å². The molecule has 1 aliphatic heterocycles. The van der Waals surface area contributed by atoms with Crippen LogP contribution in [-0.2, 0) is 31.4 Å². The molecule has 3 rings (SSSR count). The molecule has 0 spiro atoms. The second-order valence-corrected chi connectivity index (χ2v) is 7.61. The Morgan fingerprint density at radius 3 is 2.43 bits per heavy atom. The minimum absolute atomic E-state index is 0.718. The van der Waals surface area contributed by atoms with E-state index in [0.29, 0.717) is 0 Å². The van der Waals surface area contributed by atoms with Crippen LogP contribution in [0, 0.1) is 12.8 Å². The number of hydrogen-bond donors (Lipinski definition) is 1. The van der Waals surface area contributed by atoms with Gasteiger partial charge in [0.1, 0.15) is 0 Å². The van der Waals surface area contributed by atoms with Crippen molar-refractivity contribution in [2.75, 3.05) is 13.1 Å². The summed E-state index contributed by atoms with van der Waals surface area (Å²) in [6.45, 7) is 8.57. The summed E-state index contributed by atoms with van der Waals surface area (Å²) in [6.07, 6.45) is 1.67. The summed E-state index contributed by atoms with van der Waals surface area (Å²) in [7, 11) is 2.04. The first-order valence-electron chi connectivity index (χ1n) is 9.99. The van der Waals surface area contributed by atoms with Crippen molar-refractivity contribution in [2.24, 2.45) is 13.0 Å². The molecule has 30 heavy (non-hydrogen) atoms. The Kier molecular flexibility index (Phi) is 8.39. The van der Waals surface area contributed by atoms with Gasteiger partial charge in [-0.2, -0.15) is 18.3 Å². The monoisotopic (exact) mass is 430 g/mol. The van der Waals surface area contributed by atoms with E-state index in [1.165, 1.54) is 18.5 Å². The van der Waals surface area contributed by atoms with Gasteiger partial charge in [0, 0.05) is 26.3 Å². The van der Waals surface area contributed by atoms with Gasteiger partial charge in [-0.3, -0.25) is 14.3 Å². The van der Waals surface area contributed by atoms with Crippen LogP contribution in [0.3, 0.4) is 0 Å². The van der Waals surface area contributed by atoms with Crippen molar-refractivity contribution in [2.45, 2.75) is 58.8 Å². The summed E-state index contributed by atoms with van der Waals surface area (Å²) in [6, 6.07) is 2.19. The molecule has 1 fully saturated rings. The van der Waals surface area contributed by atoms with E-state index in [9.17, 15) is 13.2 Å². The number of likely N-dealkylation sites (tertiary alicyclic amines) is 1. The molecular formula is C19H29F3N6O2. The lowest BCUT2D eigenvalue weighted by Crippen LogP contribution is -2.35. The summed E-state index contributed by atoms with van der Waals surface area (Å²) in [5, 5.41) is 20.1. The van der Waals surface area contributed by atoms with Gasteiger partial charge in [0.05, 0.1) is 17.1 Å². The Morgan fingerprint density at radius 1 is 1.30 bits per heavy atom. The van der Waals surface area contributed by atoms with E-state index in [-0.39, 0.29) is 0 Å². The number of alkyl halides is 3. The molecule has 0 saturated carbocycles. The van der Waals surface area contributed by atoms with Gasteiger partial charge in [-0.25, -0.2) is 4.79 Å². The number of hydrogen-bond acceptors (Lipinski definition) is 5. The molecule has 0 aliphatic carbocycles. The van der Waals surface area contributed by atoms with Crippen molar-refractivity contribution in [3.8, 4) is 0 Å². The lowest BCUT2D eigenvalue weighted by Gasteiger charge is -2.31. The predicted molar refractivity (Wildman–Crippen MR) is 104 cm³/mol. The summed E-state index contributed by atoms with van der Waals surface area (Å²) in [5.74, 6) is -2.04. The molecule has 2 aromatic rings. The summed E-state index contributed by atoms with van der Waals surface area (Å²) < 4.78 is 35.8. The quantitative estimate of drug-likeness (QED) is 0.758. The molecule has 0 radical (unpaired) electrons. The number of aryl methyl sites for hydroxylation is 3. The maximum Gasteiger partial charge on any atom is 0.490 e. The maximum absolute atomic E-state index is 10.6. The second-order valence-electron chi connectivity index (χ2n) is 7.61. The van der Waals surface area contributed by atoms with Crippen molar-refractivity contribution >= 4 is 5.97 Å². The third kappa shape index (κ3) is 7.43. The van der Waals surface area contributed by atoms with Crippen LogP contribution < -0.4 is 0 Å². The average molecular weight is 430 g/mol. The molecule has 168 valence electrons. The number of nitrogens with zero attached hydrogens (tertiary/aromatic N) is 6. The molecule has 0 bridgehead atoms. The largest absolute Gasteiger partial charge is 0.490 e. The van der Waals surface area contributed by atoms with Crippen LogP contribution in [0.5, 0.6) is 0 Å². The molecule has 8 nitrogen and oxygen atoms in total. The first-order chi connectivity index (χ1) is 14.1. The number of halogens is 3. The van der Waals surface area contributed by atoms with Crippen molar-refractivity contribution < 1.29 is 23.1 Å². The smallest absolute Gasteiger partial charge is 0.475 e. The van der Waals surface area contributed by atoms with Crippen molar-refractivity contribution in [1.82, 2.24) is 29.7 Å². The van der Waals surface area contributed by atoms with Gasteiger partial charge in [0.25, 0.3) is 0 Å².